The molecule has 86 valence electrons. The Morgan fingerprint density at radius 1 is 1.44 bits per heavy atom. The van der Waals surface area contributed by atoms with E-state index in [1.165, 1.54) is 11.6 Å². The van der Waals surface area contributed by atoms with Crippen molar-refractivity contribution in [3.8, 4) is 0 Å². The maximum absolute atomic E-state index is 5.37. The summed E-state index contributed by atoms with van der Waals surface area (Å²) in [6.07, 6.45) is 4.99. The molecule has 0 bridgehead atoms. The lowest BCUT2D eigenvalue weighted by molar-refractivity contribution is -0.475. The van der Waals surface area contributed by atoms with Gasteiger partial charge in [-0.05, 0) is 13.1 Å². The Kier molecular flexibility index (Phi) is 2.36. The molecule has 3 rings (SSSR count). The second-order valence-electron chi connectivity index (χ2n) is 4.25. The molecule has 2 fully saturated rings. The predicted octanol–water partition coefficient (Wildman–Crippen LogP) is 1.08. The average Bonchev–Trinajstić information content (AvgIpc) is 2.73. The molecule has 0 amide bonds. The van der Waals surface area contributed by atoms with E-state index in [1.54, 1.807) is 0 Å². The SMILES string of the molecule is C=[N+]1CCC2=C(N3CCOCC3)[N-]C=C[C-]21. The van der Waals surface area contributed by atoms with Crippen LogP contribution in [0.3, 0.4) is 0 Å². The van der Waals surface area contributed by atoms with Gasteiger partial charge in [-0.25, -0.2) is 0 Å². The molecule has 0 unspecified atom stereocenters. The summed E-state index contributed by atoms with van der Waals surface area (Å²) in [5.74, 6) is 1.13. The van der Waals surface area contributed by atoms with Crippen LogP contribution in [0.25, 0.3) is 5.32 Å². The van der Waals surface area contributed by atoms with Crippen molar-refractivity contribution in [1.82, 2.24) is 4.90 Å². The Balaban J connectivity index is 1.87. The van der Waals surface area contributed by atoms with Crippen LogP contribution in [-0.4, -0.2) is 49.0 Å². The maximum Gasteiger partial charge on any atom is 0.133 e. The van der Waals surface area contributed by atoms with E-state index >= 15 is 0 Å². The highest BCUT2D eigenvalue weighted by Crippen LogP contribution is 2.37. The zero-order valence-electron chi connectivity index (χ0n) is 9.35. The molecule has 0 aromatic rings. The van der Waals surface area contributed by atoms with Crippen LogP contribution in [0.4, 0.5) is 0 Å². The third kappa shape index (κ3) is 1.50. The Morgan fingerprint density at radius 3 is 3.06 bits per heavy atom. The first-order valence-electron chi connectivity index (χ1n) is 5.75. The summed E-state index contributed by atoms with van der Waals surface area (Å²) in [5, 5.41) is 4.52. The highest BCUT2D eigenvalue weighted by Gasteiger charge is 2.26. The summed E-state index contributed by atoms with van der Waals surface area (Å²) in [7, 11) is 0. The van der Waals surface area contributed by atoms with E-state index < -0.39 is 0 Å². The van der Waals surface area contributed by atoms with Crippen LogP contribution in [0.1, 0.15) is 6.42 Å². The maximum atomic E-state index is 5.37. The molecule has 0 aromatic carbocycles. The average molecular weight is 218 g/mol. The van der Waals surface area contributed by atoms with Crippen molar-refractivity contribution in [2.45, 2.75) is 6.42 Å². The van der Waals surface area contributed by atoms with Gasteiger partial charge < -0.3 is 15.0 Å². The zero-order chi connectivity index (χ0) is 11.0. The molecule has 4 heteroatoms. The fraction of sp³-hybridized carbons (Fsp3) is 0.500. The molecule has 16 heavy (non-hydrogen) atoms. The Bertz CT molecular complexity index is 366. The molecule has 3 aliphatic rings. The second-order valence-corrected chi connectivity index (χ2v) is 4.25. The van der Waals surface area contributed by atoms with Crippen molar-refractivity contribution in [3.05, 3.63) is 35.0 Å². The number of nitrogens with zero attached hydrogens (tertiary/aromatic N) is 3. The number of rotatable bonds is 1. The smallest absolute Gasteiger partial charge is 0.133 e. The van der Waals surface area contributed by atoms with E-state index in [9.17, 15) is 0 Å². The van der Waals surface area contributed by atoms with Crippen molar-refractivity contribution < 1.29 is 9.31 Å². The molecule has 0 aliphatic carbocycles. The van der Waals surface area contributed by atoms with Gasteiger partial charge in [0.1, 0.15) is 12.6 Å². The summed E-state index contributed by atoms with van der Waals surface area (Å²) in [4.78, 5) is 2.32. The lowest BCUT2D eigenvalue weighted by atomic mass is 10.1. The van der Waals surface area contributed by atoms with E-state index in [4.69, 9.17) is 4.74 Å². The number of hydrogen-bond donors (Lipinski definition) is 0. The van der Waals surface area contributed by atoms with Gasteiger partial charge in [0.15, 0.2) is 0 Å². The molecule has 0 saturated carbocycles. The minimum Gasteiger partial charge on any atom is -0.534 e. The normalized spacial score (nSPS) is 24.9. The standard InChI is InChI=1S/C12H16N3O/c1-14-5-3-10-11(14)2-4-13-12(10)15-6-8-16-9-7-15/h2,4H,1,3,5-9H2/q-1. The van der Waals surface area contributed by atoms with E-state index in [0.717, 1.165) is 45.1 Å². The van der Waals surface area contributed by atoms with Crippen LogP contribution >= 0.6 is 0 Å². The van der Waals surface area contributed by atoms with Gasteiger partial charge in [-0.1, -0.05) is 11.6 Å². The van der Waals surface area contributed by atoms with E-state index in [-0.39, 0.29) is 0 Å². The van der Waals surface area contributed by atoms with Crippen LogP contribution < -0.4 is 0 Å². The van der Waals surface area contributed by atoms with Gasteiger partial charge in [0.2, 0.25) is 0 Å². The Morgan fingerprint density at radius 2 is 2.25 bits per heavy atom. The molecular weight excluding hydrogens is 202 g/mol. The molecule has 0 N–H and O–H groups in total. The molecule has 0 aromatic heterocycles. The summed E-state index contributed by atoms with van der Waals surface area (Å²) >= 11 is 0. The third-order valence-corrected chi connectivity index (χ3v) is 3.29. The van der Waals surface area contributed by atoms with Gasteiger partial charge in [-0.15, -0.1) is 5.82 Å². The number of morpholine rings is 1. The number of fused-ring (bicyclic) bond motifs is 1. The molecule has 0 spiro atoms. The first-order valence-corrected chi connectivity index (χ1v) is 5.75. The van der Waals surface area contributed by atoms with Gasteiger partial charge >= 0.3 is 0 Å². The fourth-order valence-corrected chi connectivity index (χ4v) is 2.42. The van der Waals surface area contributed by atoms with Crippen LogP contribution in [-0.2, 0) is 4.74 Å². The molecule has 2 saturated heterocycles. The number of hydrogen-bond acceptors (Lipinski definition) is 2. The van der Waals surface area contributed by atoms with Crippen molar-refractivity contribution in [3.63, 3.8) is 0 Å². The minimum atomic E-state index is 0.805. The van der Waals surface area contributed by atoms with Crippen LogP contribution in [0.15, 0.2) is 23.7 Å². The van der Waals surface area contributed by atoms with Crippen molar-refractivity contribution in [2.24, 2.45) is 0 Å². The van der Waals surface area contributed by atoms with Crippen molar-refractivity contribution >= 4 is 6.72 Å². The highest BCUT2D eigenvalue weighted by molar-refractivity contribution is 5.47. The predicted molar refractivity (Wildman–Crippen MR) is 62.0 cm³/mol. The van der Waals surface area contributed by atoms with E-state index in [1.807, 2.05) is 6.20 Å². The highest BCUT2D eigenvalue weighted by atomic mass is 16.5. The van der Waals surface area contributed by atoms with E-state index in [0.29, 0.717) is 0 Å². The Labute approximate surface area is 95.9 Å². The van der Waals surface area contributed by atoms with Gasteiger partial charge in [-0.3, -0.25) is 4.58 Å². The molecule has 0 radical (unpaired) electrons. The monoisotopic (exact) mass is 218 g/mol. The molecule has 0 atom stereocenters. The molecule has 3 heterocycles. The van der Waals surface area contributed by atoms with Gasteiger partial charge in [0.05, 0.1) is 6.72 Å². The van der Waals surface area contributed by atoms with Crippen LogP contribution in [0.2, 0.25) is 0 Å². The van der Waals surface area contributed by atoms with Gasteiger partial charge in [0, 0.05) is 19.6 Å². The van der Waals surface area contributed by atoms with Gasteiger partial charge in [0.25, 0.3) is 0 Å². The summed E-state index contributed by atoms with van der Waals surface area (Å²) in [6, 6.07) is 1.23. The summed E-state index contributed by atoms with van der Waals surface area (Å²) in [6.45, 7) is 8.53. The summed E-state index contributed by atoms with van der Waals surface area (Å²) < 4.78 is 7.43. The molecule has 3 aliphatic heterocycles. The van der Waals surface area contributed by atoms with Gasteiger partial charge in [-0.2, -0.15) is 6.20 Å². The topological polar surface area (TPSA) is 29.6 Å². The first kappa shape index (κ1) is 9.78. The minimum absolute atomic E-state index is 0.805. The lowest BCUT2D eigenvalue weighted by Crippen LogP contribution is -2.36. The third-order valence-electron chi connectivity index (χ3n) is 3.29. The quantitative estimate of drug-likeness (QED) is 0.487. The lowest BCUT2D eigenvalue weighted by Gasteiger charge is -2.46. The molecule has 4 nitrogen and oxygen atoms in total. The van der Waals surface area contributed by atoms with Crippen molar-refractivity contribution in [1.29, 1.82) is 0 Å². The van der Waals surface area contributed by atoms with Crippen LogP contribution in [0, 0.1) is 6.04 Å². The Hall–Kier alpha value is -1.42. The fourth-order valence-electron chi connectivity index (χ4n) is 2.42. The first-order chi connectivity index (χ1) is 7.86. The van der Waals surface area contributed by atoms with Crippen LogP contribution in [0.5, 0.6) is 0 Å². The van der Waals surface area contributed by atoms with Crippen molar-refractivity contribution in [2.75, 3.05) is 32.8 Å². The molecular formula is C12H16N3O-. The van der Waals surface area contributed by atoms with E-state index in [2.05, 4.69) is 27.6 Å². The largest absolute Gasteiger partial charge is 0.534 e. The summed E-state index contributed by atoms with van der Waals surface area (Å²) in [5.41, 5.74) is 1.35. The number of ether oxygens (including phenoxy) is 1. The second kappa shape index (κ2) is 3.87. The zero-order valence-corrected chi connectivity index (χ0v) is 9.35.